The second-order valence-corrected chi connectivity index (χ2v) is 2.89. The summed E-state index contributed by atoms with van der Waals surface area (Å²) in [7, 11) is 1.53. The van der Waals surface area contributed by atoms with Crippen LogP contribution in [0.25, 0.3) is 0 Å². The normalized spacial score (nSPS) is 10.1. The molecule has 0 amide bonds. The van der Waals surface area contributed by atoms with E-state index in [2.05, 4.69) is 0 Å². The van der Waals surface area contributed by atoms with Gasteiger partial charge in [-0.1, -0.05) is 0 Å². The molecule has 0 atom stereocenters. The molecule has 0 radical (unpaired) electrons. The summed E-state index contributed by atoms with van der Waals surface area (Å²) in [5.74, 6) is 0.304. The molecule has 0 aliphatic rings. The van der Waals surface area contributed by atoms with E-state index in [0.717, 1.165) is 18.4 Å². The molecule has 0 unspecified atom stereocenters. The summed E-state index contributed by atoms with van der Waals surface area (Å²) in [5.41, 5.74) is 6.29. The van der Waals surface area contributed by atoms with Crippen LogP contribution in [0.5, 0.6) is 5.75 Å². The van der Waals surface area contributed by atoms with Crippen molar-refractivity contribution in [1.82, 2.24) is 0 Å². The Balaban J connectivity index is 2.76. The molecule has 13 heavy (non-hydrogen) atoms. The fraction of sp³-hybridized carbons (Fsp3) is 0.400. The van der Waals surface area contributed by atoms with E-state index < -0.39 is 0 Å². The van der Waals surface area contributed by atoms with Crippen LogP contribution in [0.1, 0.15) is 12.0 Å². The van der Waals surface area contributed by atoms with Crippen LogP contribution in [0.2, 0.25) is 0 Å². The van der Waals surface area contributed by atoms with Crippen molar-refractivity contribution in [2.75, 3.05) is 13.7 Å². The minimum Gasteiger partial charge on any atom is -0.497 e. The van der Waals surface area contributed by atoms with Gasteiger partial charge in [-0.25, -0.2) is 4.39 Å². The number of hydrogen-bond acceptors (Lipinski definition) is 2. The first-order chi connectivity index (χ1) is 6.26. The van der Waals surface area contributed by atoms with Crippen molar-refractivity contribution in [2.45, 2.75) is 12.8 Å². The van der Waals surface area contributed by atoms with Crippen LogP contribution in [-0.4, -0.2) is 13.7 Å². The molecule has 0 heterocycles. The SMILES string of the molecule is COc1cc(F)cc(CCCN)c1. The molecule has 0 spiro atoms. The maximum Gasteiger partial charge on any atom is 0.127 e. The Morgan fingerprint density at radius 1 is 1.38 bits per heavy atom. The van der Waals surface area contributed by atoms with Crippen LogP contribution in [0.15, 0.2) is 18.2 Å². The van der Waals surface area contributed by atoms with E-state index in [1.165, 1.54) is 19.2 Å². The number of rotatable bonds is 4. The molecule has 3 heteroatoms. The topological polar surface area (TPSA) is 35.2 Å². The van der Waals surface area contributed by atoms with Gasteiger partial charge in [0.2, 0.25) is 0 Å². The molecule has 2 nitrogen and oxygen atoms in total. The summed E-state index contributed by atoms with van der Waals surface area (Å²) in [6, 6.07) is 4.71. The maximum atomic E-state index is 12.9. The molecule has 0 aliphatic carbocycles. The highest BCUT2D eigenvalue weighted by Crippen LogP contribution is 2.16. The summed E-state index contributed by atoms with van der Waals surface area (Å²) >= 11 is 0. The maximum absolute atomic E-state index is 12.9. The van der Waals surface area contributed by atoms with Gasteiger partial charge in [0.25, 0.3) is 0 Å². The van der Waals surface area contributed by atoms with Gasteiger partial charge in [0.1, 0.15) is 11.6 Å². The van der Waals surface area contributed by atoms with Crippen molar-refractivity contribution < 1.29 is 9.13 Å². The molecule has 0 saturated heterocycles. The van der Waals surface area contributed by atoms with Crippen molar-refractivity contribution in [1.29, 1.82) is 0 Å². The first-order valence-electron chi connectivity index (χ1n) is 4.30. The van der Waals surface area contributed by atoms with Crippen LogP contribution >= 0.6 is 0 Å². The molecule has 0 bridgehead atoms. The predicted molar refractivity (Wildman–Crippen MR) is 50.3 cm³/mol. The van der Waals surface area contributed by atoms with Crippen LogP contribution in [0.4, 0.5) is 4.39 Å². The number of hydrogen-bond donors (Lipinski definition) is 1. The smallest absolute Gasteiger partial charge is 0.127 e. The fourth-order valence-electron chi connectivity index (χ4n) is 1.19. The van der Waals surface area contributed by atoms with Crippen LogP contribution in [0.3, 0.4) is 0 Å². The Morgan fingerprint density at radius 2 is 2.15 bits per heavy atom. The quantitative estimate of drug-likeness (QED) is 0.771. The first kappa shape index (κ1) is 9.99. The van der Waals surface area contributed by atoms with Crippen LogP contribution in [0, 0.1) is 5.82 Å². The molecule has 0 aromatic heterocycles. The van der Waals surface area contributed by atoms with Gasteiger partial charge in [-0.2, -0.15) is 0 Å². The Morgan fingerprint density at radius 3 is 2.77 bits per heavy atom. The lowest BCUT2D eigenvalue weighted by Gasteiger charge is -2.04. The zero-order valence-corrected chi connectivity index (χ0v) is 7.72. The molecular formula is C10H14FNO. The molecule has 72 valence electrons. The Kier molecular flexibility index (Phi) is 3.71. The fourth-order valence-corrected chi connectivity index (χ4v) is 1.19. The Bertz CT molecular complexity index is 276. The van der Waals surface area contributed by atoms with Gasteiger partial charge < -0.3 is 10.5 Å². The second kappa shape index (κ2) is 4.82. The summed E-state index contributed by atoms with van der Waals surface area (Å²) in [6.45, 7) is 0.624. The number of aryl methyl sites for hydroxylation is 1. The third-order valence-electron chi connectivity index (χ3n) is 1.84. The van der Waals surface area contributed by atoms with E-state index >= 15 is 0 Å². The van der Waals surface area contributed by atoms with Gasteiger partial charge in [0, 0.05) is 6.07 Å². The molecule has 1 aromatic rings. The van der Waals surface area contributed by atoms with Crippen molar-refractivity contribution in [3.05, 3.63) is 29.6 Å². The lowest BCUT2D eigenvalue weighted by atomic mass is 10.1. The van der Waals surface area contributed by atoms with E-state index in [-0.39, 0.29) is 5.82 Å². The van der Waals surface area contributed by atoms with Gasteiger partial charge >= 0.3 is 0 Å². The molecule has 2 N–H and O–H groups in total. The van der Waals surface area contributed by atoms with Crippen molar-refractivity contribution in [3.63, 3.8) is 0 Å². The third-order valence-corrected chi connectivity index (χ3v) is 1.84. The van der Waals surface area contributed by atoms with Crippen LogP contribution < -0.4 is 10.5 Å². The summed E-state index contributed by atoms with van der Waals surface area (Å²) in [4.78, 5) is 0. The van der Waals surface area contributed by atoms with Gasteiger partial charge in [-0.3, -0.25) is 0 Å². The molecular weight excluding hydrogens is 169 g/mol. The van der Waals surface area contributed by atoms with Crippen LogP contribution in [-0.2, 0) is 6.42 Å². The molecule has 1 rings (SSSR count). The third kappa shape index (κ3) is 3.03. The molecule has 0 fully saturated rings. The van der Waals surface area contributed by atoms with Gasteiger partial charge in [-0.15, -0.1) is 0 Å². The average Bonchev–Trinajstić information content (AvgIpc) is 2.14. The zero-order chi connectivity index (χ0) is 9.68. The van der Waals surface area contributed by atoms with Gasteiger partial charge in [0.05, 0.1) is 7.11 Å². The average molecular weight is 183 g/mol. The monoisotopic (exact) mass is 183 g/mol. The van der Waals surface area contributed by atoms with Gasteiger partial charge in [-0.05, 0) is 37.1 Å². The summed E-state index contributed by atoms with van der Waals surface area (Å²) in [6.07, 6.45) is 1.66. The lowest BCUT2D eigenvalue weighted by Crippen LogP contribution is -2.00. The number of ether oxygens (including phenoxy) is 1. The zero-order valence-electron chi connectivity index (χ0n) is 7.72. The van der Waals surface area contributed by atoms with Gasteiger partial charge in [0.15, 0.2) is 0 Å². The second-order valence-electron chi connectivity index (χ2n) is 2.89. The van der Waals surface area contributed by atoms with E-state index in [9.17, 15) is 4.39 Å². The number of halogens is 1. The van der Waals surface area contributed by atoms with E-state index in [1.54, 1.807) is 0 Å². The van der Waals surface area contributed by atoms with Crippen molar-refractivity contribution >= 4 is 0 Å². The minimum absolute atomic E-state index is 0.258. The van der Waals surface area contributed by atoms with Crippen molar-refractivity contribution in [2.24, 2.45) is 5.73 Å². The Hall–Kier alpha value is -1.09. The number of methoxy groups -OCH3 is 1. The van der Waals surface area contributed by atoms with E-state index in [4.69, 9.17) is 10.5 Å². The largest absolute Gasteiger partial charge is 0.497 e. The van der Waals surface area contributed by atoms with E-state index in [0.29, 0.717) is 12.3 Å². The summed E-state index contributed by atoms with van der Waals surface area (Å²) < 4.78 is 17.9. The predicted octanol–water partition coefficient (Wildman–Crippen LogP) is 1.73. The molecule has 0 saturated carbocycles. The number of nitrogens with two attached hydrogens (primary N) is 1. The first-order valence-corrected chi connectivity index (χ1v) is 4.30. The lowest BCUT2D eigenvalue weighted by molar-refractivity contribution is 0.410. The Labute approximate surface area is 77.5 Å². The summed E-state index contributed by atoms with van der Waals surface area (Å²) in [5, 5.41) is 0. The minimum atomic E-state index is -0.258. The highest BCUT2D eigenvalue weighted by Gasteiger charge is 2.00. The highest BCUT2D eigenvalue weighted by atomic mass is 19.1. The highest BCUT2D eigenvalue weighted by molar-refractivity contribution is 5.29. The van der Waals surface area contributed by atoms with Crippen molar-refractivity contribution in [3.8, 4) is 5.75 Å². The molecule has 0 aliphatic heterocycles. The number of benzene rings is 1. The molecule has 1 aromatic carbocycles. The van der Waals surface area contributed by atoms with E-state index in [1.807, 2.05) is 6.07 Å². The standard InChI is InChI=1S/C10H14FNO/c1-13-10-6-8(3-2-4-12)5-9(11)7-10/h5-7H,2-4,12H2,1H3.